The summed E-state index contributed by atoms with van der Waals surface area (Å²) in [7, 11) is 0. The van der Waals surface area contributed by atoms with Crippen molar-refractivity contribution in [2.24, 2.45) is 0 Å². The molecule has 0 aromatic carbocycles. The Kier molecular flexibility index (Phi) is 7.75. The molecule has 0 fully saturated rings. The third-order valence-corrected chi connectivity index (χ3v) is 1.24. The minimum atomic E-state index is 0.903. The molecule has 6 heavy (non-hydrogen) atoms. The molecule has 35 valence electrons. The van der Waals surface area contributed by atoms with Crippen molar-refractivity contribution >= 4 is 0 Å². The molecule has 0 N–H and O–H groups in total. The average Bonchev–Trinajstić information content (AvgIpc) is 1.61. The van der Waals surface area contributed by atoms with Gasteiger partial charge < -0.3 is 0 Å². The van der Waals surface area contributed by atoms with Crippen LogP contribution in [0, 0.1) is 40.2 Å². The maximum absolute atomic E-state index is 4.92. The van der Waals surface area contributed by atoms with Gasteiger partial charge in [-0.05, 0) is 0 Å². The monoisotopic (exact) mass is 213 g/mol. The van der Waals surface area contributed by atoms with Gasteiger partial charge in [0.25, 0.3) is 0 Å². The summed E-state index contributed by atoms with van der Waals surface area (Å²) in [5.74, 6) is 0. The molecule has 0 amide bonds. The van der Waals surface area contributed by atoms with Crippen molar-refractivity contribution in [3.05, 3.63) is 0 Å². The Labute approximate surface area is 66.9 Å². The van der Waals surface area contributed by atoms with Gasteiger partial charge in [-0.15, -0.1) is 0 Å². The molecule has 0 unspecified atom stereocenters. The van der Waals surface area contributed by atoms with E-state index in [1.165, 1.54) is 12.8 Å². The van der Waals surface area contributed by atoms with Gasteiger partial charge in [-0.2, -0.15) is 0 Å². The van der Waals surface area contributed by atoms with Crippen molar-refractivity contribution in [2.75, 3.05) is 6.61 Å². The van der Waals surface area contributed by atoms with E-state index in [4.69, 9.17) is 0.951 Å². The van der Waals surface area contributed by atoms with Gasteiger partial charge in [-0.3, -0.25) is 0 Å². The van der Waals surface area contributed by atoms with Crippen LogP contribution in [-0.2, 0) is 0.951 Å². The summed E-state index contributed by atoms with van der Waals surface area (Å²) in [5.41, 5.74) is 0. The van der Waals surface area contributed by atoms with Gasteiger partial charge in [0.1, 0.15) is 0 Å². The van der Waals surface area contributed by atoms with E-state index in [1.54, 1.807) is 0 Å². The average molecular weight is 213 g/mol. The van der Waals surface area contributed by atoms with Crippen molar-refractivity contribution in [2.45, 2.75) is 19.8 Å². The fourth-order valence-corrected chi connectivity index (χ4v) is 0.670. The van der Waals surface area contributed by atoms with Crippen molar-refractivity contribution in [3.8, 4) is 0 Å². The molecule has 0 rings (SSSR count). The summed E-state index contributed by atoms with van der Waals surface area (Å²) in [6.07, 6.45) is 2.48. The number of hydrogen-bond acceptors (Lipinski definition) is 1. The molecule has 1 nitrogen and oxygen atoms in total. The van der Waals surface area contributed by atoms with E-state index in [2.05, 4.69) is 6.92 Å². The Morgan fingerprint density at radius 2 is 2.33 bits per heavy atom. The van der Waals surface area contributed by atoms with Crippen LogP contribution in [0.3, 0.4) is 0 Å². The van der Waals surface area contributed by atoms with Gasteiger partial charge in [0.05, 0.1) is 0 Å². The Morgan fingerprint density at radius 3 is 2.50 bits per heavy atom. The first-order chi connectivity index (χ1) is 2.91. The van der Waals surface area contributed by atoms with Gasteiger partial charge in [0.15, 0.2) is 0 Å². The van der Waals surface area contributed by atoms with Crippen LogP contribution in [0.5, 0.6) is 0 Å². The first kappa shape index (κ1) is 7.34. The molecular weight excluding hydrogens is 204 g/mol. The molecule has 0 aliphatic rings. The van der Waals surface area contributed by atoms with Gasteiger partial charge in [-0.1, -0.05) is 0 Å². The number of rotatable bonds is 3. The Hall–Kier alpha value is 1.34. The molecule has 0 aliphatic heterocycles. The van der Waals surface area contributed by atoms with E-state index in [1.807, 2.05) is 0 Å². The van der Waals surface area contributed by atoms with Crippen LogP contribution in [0.1, 0.15) is 19.8 Å². The van der Waals surface area contributed by atoms with E-state index >= 15 is 0 Å². The molecule has 0 spiro atoms. The normalized spacial score (nSPS) is 8.67. The molecule has 2 heteroatoms. The van der Waals surface area contributed by atoms with Crippen LogP contribution < -0.4 is 0 Å². The van der Waals surface area contributed by atoms with Crippen molar-refractivity contribution in [1.82, 2.24) is 0 Å². The minimum absolute atomic E-state index is 0.903. The molecule has 0 saturated heterocycles. The van der Waals surface area contributed by atoms with Crippen molar-refractivity contribution in [1.29, 1.82) is 0 Å². The summed E-state index contributed by atoms with van der Waals surface area (Å²) in [6.45, 7) is 3.14. The fraction of sp³-hybridized carbons (Fsp3) is 1.00. The molecule has 0 bridgehead atoms. The van der Waals surface area contributed by atoms with E-state index in [0.717, 1.165) is 46.9 Å². The number of hydrogen-bond donors (Lipinski definition) is 0. The second-order valence-corrected chi connectivity index (χ2v) is 2.11. The van der Waals surface area contributed by atoms with Gasteiger partial charge in [0, 0.05) is 0 Å². The van der Waals surface area contributed by atoms with Crippen LogP contribution >= 0.6 is 0 Å². The van der Waals surface area contributed by atoms with E-state index < -0.39 is 0 Å². The summed E-state index contributed by atoms with van der Waals surface area (Å²) in [4.78, 5) is 0. The fourth-order valence-electron chi connectivity index (χ4n) is 0.217. The summed E-state index contributed by atoms with van der Waals surface area (Å²) >= 11 is 0.903. The Morgan fingerprint density at radius 1 is 1.67 bits per heavy atom. The summed E-state index contributed by atoms with van der Waals surface area (Å²) in [6, 6.07) is 0. The predicted molar refractivity (Wildman–Crippen MR) is 20.9 cm³/mol. The van der Waals surface area contributed by atoms with E-state index in [0.29, 0.717) is 0 Å². The third-order valence-electron chi connectivity index (χ3n) is 0.600. The maximum atomic E-state index is 4.92. The van der Waals surface area contributed by atoms with Crippen LogP contribution in [-0.4, -0.2) is 6.61 Å². The molecule has 0 atom stereocenters. The van der Waals surface area contributed by atoms with Crippen molar-refractivity contribution < 1.29 is 41.2 Å². The zero-order valence-corrected chi connectivity index (χ0v) is 7.17. The second kappa shape index (κ2) is 6.34. The first-order valence-electron chi connectivity index (χ1n) is 2.20. The molecule has 0 radical (unpaired) electrons. The van der Waals surface area contributed by atoms with Crippen molar-refractivity contribution in [3.63, 3.8) is 0 Å². The quantitative estimate of drug-likeness (QED) is 0.641. The van der Waals surface area contributed by atoms with Crippen LogP contribution in [0.25, 0.3) is 0 Å². The zero-order valence-electron chi connectivity index (χ0n) is 4.03. The molecule has 0 heterocycles. The van der Waals surface area contributed by atoms with Crippen LogP contribution in [0.15, 0.2) is 0 Å². The predicted octanol–water partition coefficient (Wildman–Crippen LogP) is 1.27. The van der Waals surface area contributed by atoms with Gasteiger partial charge >= 0.3 is 67.6 Å². The van der Waals surface area contributed by atoms with E-state index in [-0.39, 0.29) is 0 Å². The van der Waals surface area contributed by atoms with Gasteiger partial charge in [-0.25, -0.2) is 0 Å². The SMILES string of the molecule is CCCC[O][Ce]. The molecule has 0 aliphatic carbocycles. The van der Waals surface area contributed by atoms with Crippen LogP contribution in [0.4, 0.5) is 0 Å². The molecule has 0 saturated carbocycles. The molecule has 0 aromatic heterocycles. The molecule has 0 aromatic rings. The van der Waals surface area contributed by atoms with Gasteiger partial charge in [0.2, 0.25) is 0 Å². The van der Waals surface area contributed by atoms with E-state index in [9.17, 15) is 0 Å². The Balaban J connectivity index is 2.34. The standard InChI is InChI=1S/C4H9O.Ce/c1-2-3-4-5;/h2-4H2,1H3;/q-1;+1. The Bertz CT molecular complexity index is 19.5. The zero-order chi connectivity index (χ0) is 4.83. The molecular formula is C4H9CeO. The summed E-state index contributed by atoms with van der Waals surface area (Å²) < 4.78 is 4.92. The third kappa shape index (κ3) is 5.34. The first-order valence-corrected chi connectivity index (χ1v) is 3.48. The number of unbranched alkanes of at least 4 members (excludes halogenated alkanes) is 1. The van der Waals surface area contributed by atoms with Crippen LogP contribution in [0.2, 0.25) is 0 Å². The summed E-state index contributed by atoms with van der Waals surface area (Å²) in [5, 5.41) is 0. The second-order valence-electron chi connectivity index (χ2n) is 1.20. The topological polar surface area (TPSA) is 9.23 Å².